The summed E-state index contributed by atoms with van der Waals surface area (Å²) in [4.78, 5) is 0. The van der Waals surface area contributed by atoms with Crippen molar-refractivity contribution in [3.8, 4) is 0 Å². The number of fused-ring (bicyclic) bond motifs is 5. The Hall–Kier alpha value is -1.06. The quantitative estimate of drug-likeness (QED) is 0.353. The van der Waals surface area contributed by atoms with E-state index in [-0.39, 0.29) is 5.41 Å². The molecule has 0 bridgehead atoms. The highest BCUT2D eigenvalue weighted by atomic mass is 16.4. The number of hydrogen-bond acceptors (Lipinski definition) is 4. The number of oxime groups is 2. The van der Waals surface area contributed by atoms with Gasteiger partial charge in [-0.15, -0.1) is 0 Å². The van der Waals surface area contributed by atoms with Crippen LogP contribution in [0.5, 0.6) is 0 Å². The second-order valence-corrected chi connectivity index (χ2v) is 12.7. The Kier molecular flexibility index (Phi) is 6.49. The summed E-state index contributed by atoms with van der Waals surface area (Å²) in [5.74, 6) is 5.53. The van der Waals surface area contributed by atoms with Crippen LogP contribution < -0.4 is 0 Å². The predicted octanol–water partition coefficient (Wildman–Crippen LogP) is 7.38. The summed E-state index contributed by atoms with van der Waals surface area (Å²) in [6.07, 6.45) is 13.8. The van der Waals surface area contributed by atoms with Crippen molar-refractivity contribution < 1.29 is 10.4 Å². The molecule has 8 atom stereocenters. The molecule has 0 saturated heterocycles. The Morgan fingerprint density at radius 3 is 2.26 bits per heavy atom. The lowest BCUT2D eigenvalue weighted by molar-refractivity contribution is -0.0976. The molecule has 4 aliphatic carbocycles. The number of hydrogen-bond donors (Lipinski definition) is 2. The molecule has 0 heterocycles. The molecule has 4 rings (SSSR count). The van der Waals surface area contributed by atoms with E-state index >= 15 is 0 Å². The van der Waals surface area contributed by atoms with E-state index in [1.165, 1.54) is 57.8 Å². The fraction of sp³-hybridized carbons (Fsp3) is 0.926. The van der Waals surface area contributed by atoms with Crippen LogP contribution in [-0.2, 0) is 0 Å². The predicted molar refractivity (Wildman–Crippen MR) is 127 cm³/mol. The van der Waals surface area contributed by atoms with E-state index in [0.717, 1.165) is 48.3 Å². The van der Waals surface area contributed by atoms with Gasteiger partial charge in [0.2, 0.25) is 0 Å². The molecule has 4 heteroatoms. The molecule has 0 aromatic rings. The summed E-state index contributed by atoms with van der Waals surface area (Å²) in [5.41, 5.74) is 1.93. The van der Waals surface area contributed by atoms with Crippen LogP contribution in [0.3, 0.4) is 0 Å². The first kappa shape index (κ1) is 23.1. The Morgan fingerprint density at radius 1 is 0.871 bits per heavy atom. The summed E-state index contributed by atoms with van der Waals surface area (Å²) in [6.45, 7) is 12.4. The minimum absolute atomic E-state index is 0.182. The van der Waals surface area contributed by atoms with Crippen molar-refractivity contribution >= 4 is 11.4 Å². The van der Waals surface area contributed by atoms with Crippen LogP contribution in [0.15, 0.2) is 10.3 Å². The minimum Gasteiger partial charge on any atom is -0.411 e. The first-order valence-corrected chi connectivity index (χ1v) is 13.2. The third kappa shape index (κ3) is 3.84. The SMILES string of the molecule is CC(C)CCCC(C)C1CCC2C3CCC4CC(=NO)C(=NO)CC4(C)C3CCC12C. The Morgan fingerprint density at radius 2 is 1.58 bits per heavy atom. The molecule has 4 nitrogen and oxygen atoms in total. The second kappa shape index (κ2) is 8.71. The zero-order valence-corrected chi connectivity index (χ0v) is 20.6. The second-order valence-electron chi connectivity index (χ2n) is 12.7. The zero-order valence-electron chi connectivity index (χ0n) is 20.6. The molecule has 4 saturated carbocycles. The van der Waals surface area contributed by atoms with Gasteiger partial charge in [0.05, 0.1) is 0 Å². The highest BCUT2D eigenvalue weighted by Gasteiger charge is 2.61. The maximum atomic E-state index is 9.58. The standard InChI is InChI=1S/C27H46N2O2/c1-17(2)7-6-8-18(3)21-11-12-22-20-10-9-19-15-24(28-30)25(29-31)16-27(19,5)23(20)13-14-26(21,22)4/h17-23,30-31H,6-16H2,1-5H3. The topological polar surface area (TPSA) is 65.2 Å². The molecule has 0 radical (unpaired) electrons. The van der Waals surface area contributed by atoms with Gasteiger partial charge in [-0.25, -0.2) is 0 Å². The summed E-state index contributed by atoms with van der Waals surface area (Å²) in [5, 5.41) is 26.0. The maximum Gasteiger partial charge on any atom is 0.105 e. The summed E-state index contributed by atoms with van der Waals surface area (Å²) >= 11 is 0. The molecule has 0 spiro atoms. The summed E-state index contributed by atoms with van der Waals surface area (Å²) in [7, 11) is 0. The lowest BCUT2D eigenvalue weighted by Gasteiger charge is -2.60. The molecule has 4 aliphatic rings. The lowest BCUT2D eigenvalue weighted by Crippen LogP contribution is -2.55. The molecule has 8 unspecified atom stereocenters. The van der Waals surface area contributed by atoms with Crippen molar-refractivity contribution in [2.24, 2.45) is 62.6 Å². The number of nitrogens with zero attached hydrogens (tertiary/aromatic N) is 2. The monoisotopic (exact) mass is 430 g/mol. The van der Waals surface area contributed by atoms with Gasteiger partial charge < -0.3 is 10.4 Å². The Balaban J connectivity index is 1.50. The molecule has 176 valence electrons. The highest BCUT2D eigenvalue weighted by Crippen LogP contribution is 2.68. The molecule has 0 aliphatic heterocycles. The molecule has 4 fully saturated rings. The first-order chi connectivity index (χ1) is 14.7. The van der Waals surface area contributed by atoms with Crippen molar-refractivity contribution in [1.29, 1.82) is 0 Å². The summed E-state index contributed by atoms with van der Waals surface area (Å²) < 4.78 is 0. The van der Waals surface area contributed by atoms with E-state index in [1.54, 1.807) is 0 Å². The largest absolute Gasteiger partial charge is 0.411 e. The maximum absolute atomic E-state index is 9.58. The van der Waals surface area contributed by atoms with Crippen molar-refractivity contribution in [2.45, 2.75) is 105 Å². The first-order valence-electron chi connectivity index (χ1n) is 13.2. The number of rotatable bonds is 5. The van der Waals surface area contributed by atoms with Gasteiger partial charge >= 0.3 is 0 Å². The average molecular weight is 431 g/mol. The minimum atomic E-state index is 0.182. The van der Waals surface area contributed by atoms with Crippen LogP contribution in [0.2, 0.25) is 0 Å². The smallest absolute Gasteiger partial charge is 0.105 e. The van der Waals surface area contributed by atoms with Crippen molar-refractivity contribution in [3.63, 3.8) is 0 Å². The molecular formula is C27H46N2O2. The fourth-order valence-corrected chi connectivity index (χ4v) is 9.18. The van der Waals surface area contributed by atoms with Gasteiger partial charge in [-0.2, -0.15) is 0 Å². The van der Waals surface area contributed by atoms with Gasteiger partial charge in [-0.1, -0.05) is 64.2 Å². The van der Waals surface area contributed by atoms with E-state index < -0.39 is 0 Å². The molecule has 0 amide bonds. The molecule has 2 N–H and O–H groups in total. The van der Waals surface area contributed by atoms with Gasteiger partial charge in [-0.05, 0) is 97.2 Å². The molecular weight excluding hydrogens is 384 g/mol. The highest BCUT2D eigenvalue weighted by molar-refractivity contribution is 6.42. The van der Waals surface area contributed by atoms with E-state index in [4.69, 9.17) is 0 Å². The fourth-order valence-electron chi connectivity index (χ4n) is 9.18. The van der Waals surface area contributed by atoms with E-state index in [9.17, 15) is 10.4 Å². The third-order valence-electron chi connectivity index (χ3n) is 10.8. The van der Waals surface area contributed by atoms with E-state index in [0.29, 0.717) is 22.8 Å². The van der Waals surface area contributed by atoms with Gasteiger partial charge in [0, 0.05) is 6.42 Å². The Labute approximate surface area is 189 Å². The van der Waals surface area contributed by atoms with Crippen LogP contribution in [0.1, 0.15) is 105 Å². The van der Waals surface area contributed by atoms with Crippen LogP contribution in [0.4, 0.5) is 0 Å². The van der Waals surface area contributed by atoms with Crippen LogP contribution in [0, 0.1) is 52.3 Å². The molecule has 0 aromatic heterocycles. The zero-order chi connectivity index (χ0) is 22.4. The van der Waals surface area contributed by atoms with Gasteiger partial charge in [0.25, 0.3) is 0 Å². The Bertz CT molecular complexity index is 716. The van der Waals surface area contributed by atoms with E-state index in [1.807, 2.05) is 0 Å². The van der Waals surface area contributed by atoms with Crippen LogP contribution in [-0.4, -0.2) is 21.8 Å². The van der Waals surface area contributed by atoms with E-state index in [2.05, 4.69) is 44.9 Å². The van der Waals surface area contributed by atoms with Crippen LogP contribution >= 0.6 is 0 Å². The van der Waals surface area contributed by atoms with Crippen molar-refractivity contribution in [2.75, 3.05) is 0 Å². The van der Waals surface area contributed by atoms with Crippen LogP contribution in [0.25, 0.3) is 0 Å². The van der Waals surface area contributed by atoms with Gasteiger partial charge in [0.15, 0.2) is 0 Å². The molecule has 0 aromatic carbocycles. The van der Waals surface area contributed by atoms with Gasteiger partial charge in [0.1, 0.15) is 11.4 Å². The van der Waals surface area contributed by atoms with Crippen molar-refractivity contribution in [3.05, 3.63) is 0 Å². The normalized spacial score (nSPS) is 46.1. The lowest BCUT2D eigenvalue weighted by atomic mass is 9.44. The third-order valence-corrected chi connectivity index (χ3v) is 10.8. The summed E-state index contributed by atoms with van der Waals surface area (Å²) in [6, 6.07) is 0. The molecule has 31 heavy (non-hydrogen) atoms. The van der Waals surface area contributed by atoms with Gasteiger partial charge in [-0.3, -0.25) is 0 Å². The average Bonchev–Trinajstić information content (AvgIpc) is 3.09. The van der Waals surface area contributed by atoms with Crippen molar-refractivity contribution in [1.82, 2.24) is 0 Å².